The average Bonchev–Trinajstić information content (AvgIpc) is 3.30. The molecule has 0 aliphatic carbocycles. The minimum absolute atomic E-state index is 0.0643. The second kappa shape index (κ2) is 10.9. The highest BCUT2D eigenvalue weighted by molar-refractivity contribution is 7.98. The number of morpholine rings is 1. The molecule has 3 aromatic carbocycles. The van der Waals surface area contributed by atoms with Crippen LogP contribution in [-0.4, -0.2) is 51.9 Å². The van der Waals surface area contributed by atoms with Crippen LogP contribution < -0.4 is 0 Å². The summed E-state index contributed by atoms with van der Waals surface area (Å²) in [5, 5.41) is 9.94. The molecule has 7 heteroatoms. The number of carbonyl (C=O) groups excluding carboxylic acids is 1. The third-order valence-electron chi connectivity index (χ3n) is 6.07. The second-order valence-corrected chi connectivity index (χ2v) is 9.53. The van der Waals surface area contributed by atoms with Crippen molar-refractivity contribution in [2.45, 2.75) is 24.3 Å². The second-order valence-electron chi connectivity index (χ2n) is 8.59. The van der Waals surface area contributed by atoms with Gasteiger partial charge in [-0.25, -0.2) is 0 Å². The number of ether oxygens (including phenoxy) is 1. The Balaban J connectivity index is 1.43. The van der Waals surface area contributed by atoms with Crippen molar-refractivity contribution in [3.05, 3.63) is 107 Å². The molecule has 0 bridgehead atoms. The van der Waals surface area contributed by atoms with E-state index < -0.39 is 0 Å². The molecule has 0 radical (unpaired) electrons. The summed E-state index contributed by atoms with van der Waals surface area (Å²) in [4.78, 5) is 15.1. The van der Waals surface area contributed by atoms with Gasteiger partial charge in [0.15, 0.2) is 5.16 Å². The van der Waals surface area contributed by atoms with E-state index in [9.17, 15) is 4.79 Å². The largest absolute Gasteiger partial charge is 0.378 e. The lowest BCUT2D eigenvalue weighted by molar-refractivity contribution is 0.0302. The predicted octanol–water partition coefficient (Wildman–Crippen LogP) is 4.93. The molecule has 0 atom stereocenters. The maximum atomic E-state index is 13.2. The van der Waals surface area contributed by atoms with E-state index in [1.165, 1.54) is 11.1 Å². The molecule has 6 nitrogen and oxygen atoms in total. The molecule has 1 aliphatic rings. The molecule has 5 rings (SSSR count). The van der Waals surface area contributed by atoms with E-state index in [4.69, 9.17) is 4.74 Å². The summed E-state index contributed by atoms with van der Waals surface area (Å²) in [5.74, 6) is 1.58. The van der Waals surface area contributed by atoms with Gasteiger partial charge in [0.2, 0.25) is 0 Å². The van der Waals surface area contributed by atoms with E-state index in [1.54, 1.807) is 11.8 Å². The fourth-order valence-corrected chi connectivity index (χ4v) is 5.22. The molecule has 0 N–H and O–H groups in total. The first-order valence-corrected chi connectivity index (χ1v) is 12.8. The summed E-state index contributed by atoms with van der Waals surface area (Å²) < 4.78 is 7.55. The number of hydrogen-bond donors (Lipinski definition) is 0. The van der Waals surface area contributed by atoms with Crippen LogP contribution in [0.1, 0.15) is 32.9 Å². The van der Waals surface area contributed by atoms with Crippen LogP contribution in [0.25, 0.3) is 5.69 Å². The molecule has 0 saturated carbocycles. The van der Waals surface area contributed by atoms with E-state index in [2.05, 4.69) is 58.1 Å². The molecular weight excluding hydrogens is 456 g/mol. The van der Waals surface area contributed by atoms with Crippen LogP contribution in [0.5, 0.6) is 0 Å². The molecule has 0 spiro atoms. The van der Waals surface area contributed by atoms with Crippen LogP contribution in [-0.2, 0) is 16.9 Å². The molecule has 1 aromatic heterocycles. The standard InChI is InChI=1S/C28H28N4O2S/c1-21-8-7-12-24(18-21)32-26(19-22-9-3-2-4-10-22)29-30-28(32)35-20-23-11-5-6-13-25(23)27(33)31-14-16-34-17-15-31/h2-13,18H,14-17,19-20H2,1H3. The zero-order chi connectivity index (χ0) is 24.0. The number of aromatic nitrogens is 3. The molecule has 1 aliphatic heterocycles. The highest BCUT2D eigenvalue weighted by atomic mass is 32.2. The number of hydrogen-bond acceptors (Lipinski definition) is 5. The molecule has 2 heterocycles. The van der Waals surface area contributed by atoms with Crippen molar-refractivity contribution < 1.29 is 9.53 Å². The fourth-order valence-electron chi connectivity index (χ4n) is 4.25. The fraction of sp³-hybridized carbons (Fsp3) is 0.250. The van der Waals surface area contributed by atoms with Crippen molar-refractivity contribution >= 4 is 17.7 Å². The van der Waals surface area contributed by atoms with Gasteiger partial charge in [-0.1, -0.05) is 72.4 Å². The monoisotopic (exact) mass is 484 g/mol. The van der Waals surface area contributed by atoms with Crippen molar-refractivity contribution in [2.75, 3.05) is 26.3 Å². The summed E-state index contributed by atoms with van der Waals surface area (Å²) >= 11 is 1.60. The zero-order valence-corrected chi connectivity index (χ0v) is 20.6. The van der Waals surface area contributed by atoms with Gasteiger partial charge >= 0.3 is 0 Å². The van der Waals surface area contributed by atoms with Crippen molar-refractivity contribution in [1.29, 1.82) is 0 Å². The summed E-state index contributed by atoms with van der Waals surface area (Å²) in [6, 6.07) is 26.6. The van der Waals surface area contributed by atoms with E-state index in [0.29, 0.717) is 38.5 Å². The lowest BCUT2D eigenvalue weighted by atomic mass is 10.1. The minimum atomic E-state index is 0.0643. The van der Waals surface area contributed by atoms with Crippen LogP contribution in [0.4, 0.5) is 0 Å². The Morgan fingerprint density at radius 2 is 1.71 bits per heavy atom. The van der Waals surface area contributed by atoms with Gasteiger partial charge in [0, 0.05) is 36.5 Å². The highest BCUT2D eigenvalue weighted by Gasteiger charge is 2.22. The number of amides is 1. The molecule has 1 amide bonds. The van der Waals surface area contributed by atoms with Gasteiger partial charge < -0.3 is 9.64 Å². The summed E-state index contributed by atoms with van der Waals surface area (Å²) in [7, 11) is 0. The Morgan fingerprint density at radius 1 is 0.943 bits per heavy atom. The number of nitrogens with zero attached hydrogens (tertiary/aromatic N) is 4. The smallest absolute Gasteiger partial charge is 0.254 e. The first-order valence-electron chi connectivity index (χ1n) is 11.8. The van der Waals surface area contributed by atoms with Gasteiger partial charge in [0.1, 0.15) is 5.82 Å². The Kier molecular flexibility index (Phi) is 7.25. The third kappa shape index (κ3) is 5.47. The summed E-state index contributed by atoms with van der Waals surface area (Å²) in [5.41, 5.74) is 5.15. The van der Waals surface area contributed by atoms with Gasteiger partial charge in [0.25, 0.3) is 5.91 Å². The number of benzene rings is 3. The van der Waals surface area contributed by atoms with Gasteiger partial charge in [0.05, 0.1) is 13.2 Å². The van der Waals surface area contributed by atoms with E-state index >= 15 is 0 Å². The summed E-state index contributed by atoms with van der Waals surface area (Å²) in [6.45, 7) is 4.53. The number of rotatable bonds is 7. The molecule has 1 saturated heterocycles. The van der Waals surface area contributed by atoms with Gasteiger partial charge in [-0.05, 0) is 41.8 Å². The van der Waals surface area contributed by atoms with Crippen LogP contribution >= 0.6 is 11.8 Å². The summed E-state index contributed by atoms with van der Waals surface area (Å²) in [6.07, 6.45) is 0.689. The zero-order valence-electron chi connectivity index (χ0n) is 19.8. The van der Waals surface area contributed by atoms with Crippen LogP contribution in [0.15, 0.2) is 84.0 Å². The molecule has 35 heavy (non-hydrogen) atoms. The molecule has 0 unspecified atom stereocenters. The number of carbonyl (C=O) groups is 1. The average molecular weight is 485 g/mol. The van der Waals surface area contributed by atoms with Crippen molar-refractivity contribution in [3.63, 3.8) is 0 Å². The Hall–Kier alpha value is -3.42. The maximum absolute atomic E-state index is 13.2. The predicted molar refractivity (Wildman–Crippen MR) is 138 cm³/mol. The number of thioether (sulfide) groups is 1. The van der Waals surface area contributed by atoms with Gasteiger partial charge in [-0.3, -0.25) is 9.36 Å². The van der Waals surface area contributed by atoms with E-state index in [1.807, 2.05) is 47.4 Å². The minimum Gasteiger partial charge on any atom is -0.378 e. The lowest BCUT2D eigenvalue weighted by Gasteiger charge is -2.27. The molecule has 1 fully saturated rings. The number of aryl methyl sites for hydroxylation is 1. The van der Waals surface area contributed by atoms with Gasteiger partial charge in [-0.2, -0.15) is 0 Å². The van der Waals surface area contributed by atoms with E-state index in [0.717, 1.165) is 27.8 Å². The van der Waals surface area contributed by atoms with Crippen molar-refractivity contribution in [2.24, 2.45) is 0 Å². The Bertz CT molecular complexity index is 1300. The third-order valence-corrected chi connectivity index (χ3v) is 7.05. The quantitative estimate of drug-likeness (QED) is 0.348. The maximum Gasteiger partial charge on any atom is 0.254 e. The lowest BCUT2D eigenvalue weighted by Crippen LogP contribution is -2.41. The van der Waals surface area contributed by atoms with Crippen LogP contribution in [0.3, 0.4) is 0 Å². The first kappa shape index (κ1) is 23.3. The molecule has 178 valence electrons. The molecule has 4 aromatic rings. The normalized spacial score (nSPS) is 13.7. The van der Waals surface area contributed by atoms with Crippen molar-refractivity contribution in [1.82, 2.24) is 19.7 Å². The van der Waals surface area contributed by atoms with Crippen LogP contribution in [0, 0.1) is 6.92 Å². The Morgan fingerprint density at radius 3 is 2.51 bits per heavy atom. The van der Waals surface area contributed by atoms with E-state index in [-0.39, 0.29) is 5.91 Å². The van der Waals surface area contributed by atoms with Crippen LogP contribution in [0.2, 0.25) is 0 Å². The molecular formula is C28H28N4O2S. The van der Waals surface area contributed by atoms with Crippen molar-refractivity contribution in [3.8, 4) is 5.69 Å². The van der Waals surface area contributed by atoms with Gasteiger partial charge in [-0.15, -0.1) is 10.2 Å². The first-order chi connectivity index (χ1) is 17.2. The SMILES string of the molecule is Cc1cccc(-n2c(Cc3ccccc3)nnc2SCc2ccccc2C(=O)N2CCOCC2)c1. The Labute approximate surface area is 210 Å². The highest BCUT2D eigenvalue weighted by Crippen LogP contribution is 2.28. The topological polar surface area (TPSA) is 60.2 Å².